The number of carbonyl (C=O) groups excluding carboxylic acids is 2. The summed E-state index contributed by atoms with van der Waals surface area (Å²) in [5.74, 6) is -0.391. The lowest BCUT2D eigenvalue weighted by molar-refractivity contribution is -0.129. The van der Waals surface area contributed by atoms with Crippen LogP contribution >= 0.6 is 0 Å². The second-order valence-electron chi connectivity index (χ2n) is 5.40. The van der Waals surface area contributed by atoms with Gasteiger partial charge in [0.05, 0.1) is 11.1 Å². The highest BCUT2D eigenvalue weighted by Gasteiger charge is 2.14. The molecule has 1 aliphatic rings. The summed E-state index contributed by atoms with van der Waals surface area (Å²) in [5, 5.41) is 9.76. The van der Waals surface area contributed by atoms with E-state index < -0.39 is 5.97 Å². The van der Waals surface area contributed by atoms with Crippen LogP contribution in [0.5, 0.6) is 11.5 Å². The smallest absolute Gasteiger partial charge is 0.343 e. The number of esters is 1. The van der Waals surface area contributed by atoms with Gasteiger partial charge in [-0.2, -0.15) is 0 Å². The van der Waals surface area contributed by atoms with Crippen molar-refractivity contribution >= 4 is 11.8 Å². The van der Waals surface area contributed by atoms with E-state index in [0.29, 0.717) is 16.9 Å². The standard InChI is InChI=1S/C20H16O4/c21-18-9-5-4-8-17(18)19(22)14-10-12-16(13-11-14)24-20(23)15-6-2-1-3-7-15/h2,4-13,21H,1,3H2. The zero-order valence-corrected chi connectivity index (χ0v) is 12.9. The van der Waals surface area contributed by atoms with Gasteiger partial charge in [0.2, 0.25) is 0 Å². The number of carbonyl (C=O) groups is 2. The van der Waals surface area contributed by atoms with Crippen molar-refractivity contribution in [3.63, 3.8) is 0 Å². The number of ether oxygens (including phenoxy) is 1. The molecular formula is C20H16O4. The number of allylic oxidation sites excluding steroid dienone is 2. The minimum absolute atomic E-state index is 0.0611. The fourth-order valence-electron chi connectivity index (χ4n) is 2.43. The first-order valence-corrected chi connectivity index (χ1v) is 7.67. The van der Waals surface area contributed by atoms with Crippen LogP contribution in [0.3, 0.4) is 0 Å². The van der Waals surface area contributed by atoms with E-state index >= 15 is 0 Å². The van der Waals surface area contributed by atoms with Crippen LogP contribution in [0.2, 0.25) is 0 Å². The molecule has 1 N–H and O–H groups in total. The summed E-state index contributed by atoms with van der Waals surface area (Å²) in [5.41, 5.74) is 1.18. The second kappa shape index (κ2) is 6.96. The monoisotopic (exact) mass is 320 g/mol. The summed E-state index contributed by atoms with van der Waals surface area (Å²) < 4.78 is 5.30. The van der Waals surface area contributed by atoms with Crippen LogP contribution in [-0.4, -0.2) is 16.9 Å². The zero-order valence-electron chi connectivity index (χ0n) is 12.9. The van der Waals surface area contributed by atoms with Gasteiger partial charge in [-0.3, -0.25) is 4.79 Å². The van der Waals surface area contributed by atoms with Crippen molar-refractivity contribution in [2.75, 3.05) is 0 Å². The van der Waals surface area contributed by atoms with Crippen LogP contribution in [0.1, 0.15) is 28.8 Å². The van der Waals surface area contributed by atoms with Gasteiger partial charge in [0.1, 0.15) is 11.5 Å². The summed E-state index contributed by atoms with van der Waals surface area (Å²) in [6.45, 7) is 0. The van der Waals surface area contributed by atoms with Gasteiger partial charge in [-0.15, -0.1) is 0 Å². The Bertz CT molecular complexity index is 829. The number of para-hydroxylation sites is 1. The lowest BCUT2D eigenvalue weighted by Gasteiger charge is -2.08. The average molecular weight is 320 g/mol. The third kappa shape index (κ3) is 3.43. The van der Waals surface area contributed by atoms with Crippen LogP contribution in [0.25, 0.3) is 0 Å². The van der Waals surface area contributed by atoms with Crippen LogP contribution in [0.4, 0.5) is 0 Å². The lowest BCUT2D eigenvalue weighted by atomic mass is 10.0. The highest BCUT2D eigenvalue weighted by Crippen LogP contribution is 2.22. The van der Waals surface area contributed by atoms with Crippen LogP contribution in [0, 0.1) is 0 Å². The number of ketones is 1. The van der Waals surface area contributed by atoms with E-state index in [1.165, 1.54) is 6.07 Å². The molecule has 0 heterocycles. The molecule has 4 heteroatoms. The number of hydrogen-bond donors (Lipinski definition) is 1. The molecule has 0 fully saturated rings. The van der Waals surface area contributed by atoms with E-state index in [2.05, 4.69) is 0 Å². The first-order chi connectivity index (χ1) is 11.6. The largest absolute Gasteiger partial charge is 0.507 e. The summed E-state index contributed by atoms with van der Waals surface area (Å²) in [7, 11) is 0. The molecular weight excluding hydrogens is 304 g/mol. The highest BCUT2D eigenvalue weighted by molar-refractivity contribution is 6.10. The molecule has 2 aromatic carbocycles. The molecule has 3 rings (SSSR count). The molecule has 0 saturated heterocycles. The topological polar surface area (TPSA) is 63.6 Å². The van der Waals surface area contributed by atoms with Gasteiger partial charge in [0.15, 0.2) is 5.78 Å². The molecule has 0 spiro atoms. The van der Waals surface area contributed by atoms with Crippen molar-refractivity contribution in [3.05, 3.63) is 83.5 Å². The van der Waals surface area contributed by atoms with Crippen LogP contribution < -0.4 is 4.74 Å². The number of phenols is 1. The van der Waals surface area contributed by atoms with E-state index in [4.69, 9.17) is 4.74 Å². The van der Waals surface area contributed by atoms with Gasteiger partial charge < -0.3 is 9.84 Å². The van der Waals surface area contributed by atoms with Gasteiger partial charge in [0, 0.05) is 5.56 Å². The number of hydrogen-bond acceptors (Lipinski definition) is 4. The first-order valence-electron chi connectivity index (χ1n) is 7.67. The predicted molar refractivity (Wildman–Crippen MR) is 90.1 cm³/mol. The van der Waals surface area contributed by atoms with Crippen molar-refractivity contribution in [3.8, 4) is 11.5 Å². The fourth-order valence-corrected chi connectivity index (χ4v) is 2.43. The molecule has 24 heavy (non-hydrogen) atoms. The molecule has 0 aliphatic heterocycles. The number of aromatic hydroxyl groups is 1. The third-order valence-corrected chi connectivity index (χ3v) is 3.71. The Morgan fingerprint density at radius 2 is 1.71 bits per heavy atom. The van der Waals surface area contributed by atoms with Gasteiger partial charge in [-0.25, -0.2) is 4.79 Å². The maximum Gasteiger partial charge on any atom is 0.343 e. The average Bonchev–Trinajstić information content (AvgIpc) is 2.63. The third-order valence-electron chi connectivity index (χ3n) is 3.71. The molecule has 0 radical (unpaired) electrons. The normalized spacial score (nSPS) is 13.2. The van der Waals surface area contributed by atoms with E-state index in [1.54, 1.807) is 48.5 Å². The fraction of sp³-hybridized carbons (Fsp3) is 0.100. The van der Waals surface area contributed by atoms with Crippen molar-refractivity contribution in [1.29, 1.82) is 0 Å². The maximum atomic E-state index is 12.4. The summed E-state index contributed by atoms with van der Waals surface area (Å²) in [4.78, 5) is 24.4. The minimum atomic E-state index is -0.411. The Morgan fingerprint density at radius 1 is 0.958 bits per heavy atom. The Hall–Kier alpha value is -3.14. The molecule has 0 unspecified atom stereocenters. The van der Waals surface area contributed by atoms with Crippen molar-refractivity contribution in [1.82, 2.24) is 0 Å². The zero-order chi connectivity index (χ0) is 16.9. The Labute approximate surface area is 139 Å². The predicted octanol–water partition coefficient (Wildman–Crippen LogP) is 3.81. The van der Waals surface area contributed by atoms with Crippen molar-refractivity contribution in [2.24, 2.45) is 0 Å². The Balaban J connectivity index is 1.73. The minimum Gasteiger partial charge on any atom is -0.507 e. The summed E-state index contributed by atoms with van der Waals surface area (Å²) >= 11 is 0. The SMILES string of the molecule is O=C(Oc1ccc(C(=O)c2ccccc2O)cc1)C1=CCCC=C1. The Morgan fingerprint density at radius 3 is 2.38 bits per heavy atom. The van der Waals surface area contributed by atoms with Gasteiger partial charge >= 0.3 is 5.97 Å². The molecule has 2 aromatic rings. The molecule has 0 atom stereocenters. The molecule has 1 aliphatic carbocycles. The van der Waals surface area contributed by atoms with E-state index in [1.807, 2.05) is 12.2 Å². The molecule has 0 aromatic heterocycles. The highest BCUT2D eigenvalue weighted by atomic mass is 16.5. The molecule has 0 saturated carbocycles. The van der Waals surface area contributed by atoms with E-state index in [9.17, 15) is 14.7 Å². The van der Waals surface area contributed by atoms with Crippen molar-refractivity contribution in [2.45, 2.75) is 12.8 Å². The lowest BCUT2D eigenvalue weighted by Crippen LogP contribution is -2.11. The van der Waals surface area contributed by atoms with Crippen LogP contribution in [-0.2, 0) is 4.79 Å². The Kier molecular flexibility index (Phi) is 4.57. The molecule has 0 bridgehead atoms. The van der Waals surface area contributed by atoms with Crippen molar-refractivity contribution < 1.29 is 19.4 Å². The van der Waals surface area contributed by atoms with Gasteiger partial charge in [0.25, 0.3) is 0 Å². The van der Waals surface area contributed by atoms with Gasteiger partial charge in [-0.05, 0) is 49.2 Å². The second-order valence-corrected chi connectivity index (χ2v) is 5.40. The summed E-state index contributed by atoms with van der Waals surface area (Å²) in [6.07, 6.45) is 7.29. The molecule has 0 amide bonds. The van der Waals surface area contributed by atoms with Gasteiger partial charge in [-0.1, -0.05) is 30.4 Å². The maximum absolute atomic E-state index is 12.4. The van der Waals surface area contributed by atoms with Crippen LogP contribution in [0.15, 0.2) is 72.3 Å². The number of benzene rings is 2. The van der Waals surface area contributed by atoms with E-state index in [0.717, 1.165) is 12.8 Å². The number of phenolic OH excluding ortho intramolecular Hbond substituents is 1. The molecule has 4 nitrogen and oxygen atoms in total. The quantitative estimate of drug-likeness (QED) is 0.529. The molecule has 120 valence electrons. The summed E-state index contributed by atoms with van der Waals surface area (Å²) in [6, 6.07) is 12.7. The van der Waals surface area contributed by atoms with E-state index in [-0.39, 0.29) is 17.1 Å². The first kappa shape index (κ1) is 15.7. The number of rotatable bonds is 4.